The lowest BCUT2D eigenvalue weighted by atomic mass is 9.77. The monoisotopic (exact) mass is 442 g/mol. The number of halogens is 6. The molecule has 0 aromatic heterocycles. The minimum Gasteiger partial charge on any atom is -0.427 e. The number of ether oxygens (including phenoxy) is 1. The van der Waals surface area contributed by atoms with Gasteiger partial charge in [0.05, 0.1) is 0 Å². The Morgan fingerprint density at radius 2 is 1.58 bits per heavy atom. The summed E-state index contributed by atoms with van der Waals surface area (Å²) in [7, 11) is 0. The van der Waals surface area contributed by atoms with Gasteiger partial charge in [0, 0.05) is 11.6 Å². The number of rotatable bonds is 7. The van der Waals surface area contributed by atoms with E-state index in [0.717, 1.165) is 43.6 Å². The number of hydrogen-bond acceptors (Lipinski definition) is 1. The molecular formula is C24H24F6O. The molecule has 0 heterocycles. The quantitative estimate of drug-likeness (QED) is 0.392. The van der Waals surface area contributed by atoms with Gasteiger partial charge in [-0.3, -0.25) is 0 Å². The lowest BCUT2D eigenvalue weighted by Crippen LogP contribution is -2.26. The molecule has 0 spiro atoms. The van der Waals surface area contributed by atoms with Crippen LogP contribution in [0.1, 0.15) is 62.5 Å². The molecule has 0 aliphatic heterocycles. The second-order valence-electron chi connectivity index (χ2n) is 7.95. The molecule has 0 unspecified atom stereocenters. The summed E-state index contributed by atoms with van der Waals surface area (Å²) in [5, 5.41) is 0. The van der Waals surface area contributed by atoms with E-state index in [4.69, 9.17) is 0 Å². The fraction of sp³-hybridized carbons (Fsp3) is 0.417. The smallest absolute Gasteiger partial charge is 0.427 e. The summed E-state index contributed by atoms with van der Waals surface area (Å²) < 4.78 is 86.7. The summed E-state index contributed by atoms with van der Waals surface area (Å²) in [6.07, 6.45) is 1.94. The van der Waals surface area contributed by atoms with Crippen molar-refractivity contribution in [2.24, 2.45) is 5.92 Å². The Bertz CT molecular complexity index is 914. The fourth-order valence-corrected chi connectivity index (χ4v) is 4.08. The maximum absolute atomic E-state index is 14.4. The first-order valence-electron chi connectivity index (χ1n) is 10.4. The first-order chi connectivity index (χ1) is 14.7. The van der Waals surface area contributed by atoms with Crippen LogP contribution < -0.4 is 4.74 Å². The molecule has 0 amide bonds. The first kappa shape index (κ1) is 23.2. The van der Waals surface area contributed by atoms with Crippen LogP contribution in [0.15, 0.2) is 48.3 Å². The van der Waals surface area contributed by atoms with Crippen LogP contribution in [0.2, 0.25) is 0 Å². The highest BCUT2D eigenvalue weighted by Crippen LogP contribution is 2.39. The molecule has 1 nitrogen and oxygen atoms in total. The standard InChI is InChI=1S/C24H24F6O/c1-2-3-15-4-6-16(7-5-15)17-8-10-18(11-9-17)22(27)23(28)24(29,30)31-19-12-13-20(25)21(26)14-19/h8-16H,2-7H2,1H3. The van der Waals surface area contributed by atoms with E-state index in [1.807, 2.05) is 0 Å². The van der Waals surface area contributed by atoms with E-state index >= 15 is 0 Å². The van der Waals surface area contributed by atoms with E-state index in [2.05, 4.69) is 11.7 Å². The Hall–Kier alpha value is -2.44. The van der Waals surface area contributed by atoms with Crippen molar-refractivity contribution < 1.29 is 31.1 Å². The molecule has 2 aromatic carbocycles. The van der Waals surface area contributed by atoms with Crippen molar-refractivity contribution in [1.82, 2.24) is 0 Å². The minimum absolute atomic E-state index is 0.317. The van der Waals surface area contributed by atoms with Gasteiger partial charge in [0.15, 0.2) is 17.5 Å². The molecule has 0 radical (unpaired) electrons. The molecule has 7 heteroatoms. The minimum atomic E-state index is -4.69. The Morgan fingerprint density at radius 1 is 0.935 bits per heavy atom. The van der Waals surface area contributed by atoms with Gasteiger partial charge < -0.3 is 4.74 Å². The van der Waals surface area contributed by atoms with E-state index < -0.39 is 35.1 Å². The average molecular weight is 442 g/mol. The molecule has 0 saturated heterocycles. The van der Waals surface area contributed by atoms with E-state index in [9.17, 15) is 26.3 Å². The van der Waals surface area contributed by atoms with Gasteiger partial charge >= 0.3 is 6.11 Å². The lowest BCUT2D eigenvalue weighted by Gasteiger charge is -2.28. The Labute approximate surface area is 177 Å². The second-order valence-corrected chi connectivity index (χ2v) is 7.95. The van der Waals surface area contributed by atoms with Crippen molar-refractivity contribution in [3.63, 3.8) is 0 Å². The summed E-state index contributed by atoms with van der Waals surface area (Å²) in [4.78, 5) is 0. The molecule has 3 rings (SSSR count). The number of hydrogen-bond donors (Lipinski definition) is 0. The zero-order chi connectivity index (χ0) is 22.6. The van der Waals surface area contributed by atoms with Gasteiger partial charge in [-0.1, -0.05) is 44.0 Å². The SMILES string of the molecule is CCCC1CCC(c2ccc(C(F)=C(F)C(F)(F)Oc3ccc(F)c(F)c3)cc2)CC1. The fourth-order valence-electron chi connectivity index (χ4n) is 4.08. The van der Waals surface area contributed by atoms with Crippen molar-refractivity contribution in [2.75, 3.05) is 0 Å². The molecule has 31 heavy (non-hydrogen) atoms. The van der Waals surface area contributed by atoms with Crippen LogP contribution in [-0.4, -0.2) is 6.11 Å². The summed E-state index contributed by atoms with van der Waals surface area (Å²) in [5.74, 6) is -6.73. The normalized spacial score (nSPS) is 20.4. The van der Waals surface area contributed by atoms with Crippen LogP contribution in [-0.2, 0) is 0 Å². The Balaban J connectivity index is 1.71. The molecule has 168 valence electrons. The van der Waals surface area contributed by atoms with Crippen LogP contribution in [0, 0.1) is 17.6 Å². The first-order valence-corrected chi connectivity index (χ1v) is 10.4. The summed E-state index contributed by atoms with van der Waals surface area (Å²) in [5.41, 5.74) is 0.617. The number of alkyl halides is 2. The lowest BCUT2D eigenvalue weighted by molar-refractivity contribution is -0.156. The Kier molecular flexibility index (Phi) is 7.34. The van der Waals surface area contributed by atoms with E-state index in [0.29, 0.717) is 24.1 Å². The molecular weight excluding hydrogens is 418 g/mol. The van der Waals surface area contributed by atoms with Crippen molar-refractivity contribution in [2.45, 2.75) is 57.5 Å². The maximum atomic E-state index is 14.4. The third-order valence-electron chi connectivity index (χ3n) is 5.76. The molecule has 1 fully saturated rings. The topological polar surface area (TPSA) is 9.23 Å². The highest BCUT2D eigenvalue weighted by Gasteiger charge is 2.42. The Morgan fingerprint density at radius 3 is 2.16 bits per heavy atom. The summed E-state index contributed by atoms with van der Waals surface area (Å²) >= 11 is 0. The molecule has 1 aliphatic rings. The maximum Gasteiger partial charge on any atom is 0.457 e. The molecule has 1 saturated carbocycles. The van der Waals surface area contributed by atoms with Crippen LogP contribution >= 0.6 is 0 Å². The third-order valence-corrected chi connectivity index (χ3v) is 5.76. The van der Waals surface area contributed by atoms with Gasteiger partial charge in [0.25, 0.3) is 0 Å². The highest BCUT2D eigenvalue weighted by molar-refractivity contribution is 5.62. The summed E-state index contributed by atoms with van der Waals surface area (Å²) in [6, 6.07) is 7.35. The van der Waals surface area contributed by atoms with Crippen LogP contribution in [0.25, 0.3) is 5.83 Å². The molecule has 1 aliphatic carbocycles. The third kappa shape index (κ3) is 5.63. The second kappa shape index (κ2) is 9.79. The van der Waals surface area contributed by atoms with Gasteiger partial charge in [-0.05, 0) is 55.2 Å². The van der Waals surface area contributed by atoms with Crippen molar-refractivity contribution in [3.05, 3.63) is 71.1 Å². The van der Waals surface area contributed by atoms with E-state index in [1.54, 1.807) is 12.1 Å². The largest absolute Gasteiger partial charge is 0.457 e. The predicted octanol–water partition coefficient (Wildman–Crippen LogP) is 8.32. The van der Waals surface area contributed by atoms with Crippen LogP contribution in [0.3, 0.4) is 0 Å². The zero-order valence-electron chi connectivity index (χ0n) is 17.1. The highest BCUT2D eigenvalue weighted by atomic mass is 19.3. The van der Waals surface area contributed by atoms with Gasteiger partial charge in [0.1, 0.15) is 5.75 Å². The molecule has 0 bridgehead atoms. The van der Waals surface area contributed by atoms with Gasteiger partial charge in [-0.15, -0.1) is 0 Å². The van der Waals surface area contributed by atoms with Gasteiger partial charge in [-0.25, -0.2) is 13.2 Å². The molecule has 2 aromatic rings. The van der Waals surface area contributed by atoms with E-state index in [-0.39, 0.29) is 5.56 Å². The predicted molar refractivity (Wildman–Crippen MR) is 107 cm³/mol. The van der Waals surface area contributed by atoms with Crippen molar-refractivity contribution in [1.29, 1.82) is 0 Å². The van der Waals surface area contributed by atoms with Crippen LogP contribution in [0.5, 0.6) is 5.75 Å². The summed E-state index contributed by atoms with van der Waals surface area (Å²) in [6.45, 7) is 2.17. The number of benzene rings is 2. The molecule has 0 atom stereocenters. The van der Waals surface area contributed by atoms with Gasteiger partial charge in [0.2, 0.25) is 5.83 Å². The average Bonchev–Trinajstić information content (AvgIpc) is 2.76. The van der Waals surface area contributed by atoms with Gasteiger partial charge in [-0.2, -0.15) is 13.2 Å². The van der Waals surface area contributed by atoms with Crippen molar-refractivity contribution in [3.8, 4) is 5.75 Å². The zero-order valence-corrected chi connectivity index (χ0v) is 17.1. The molecule has 0 N–H and O–H groups in total. The van der Waals surface area contributed by atoms with Crippen molar-refractivity contribution >= 4 is 5.83 Å². The van der Waals surface area contributed by atoms with Crippen LogP contribution in [0.4, 0.5) is 26.3 Å². The van der Waals surface area contributed by atoms with E-state index in [1.165, 1.54) is 18.6 Å².